The van der Waals surface area contributed by atoms with Crippen LogP contribution in [0.4, 0.5) is 5.69 Å². The second-order valence-electron chi connectivity index (χ2n) is 12.7. The Morgan fingerprint density at radius 3 is 2.45 bits per heavy atom. The number of hydrogen-bond acceptors (Lipinski definition) is 5. The number of anilines is 1. The van der Waals surface area contributed by atoms with Crippen LogP contribution < -0.4 is 4.90 Å². The third kappa shape index (κ3) is 5.09. The van der Waals surface area contributed by atoms with Crippen molar-refractivity contribution in [2.75, 3.05) is 31.1 Å². The second-order valence-corrected chi connectivity index (χ2v) is 13.1. The maximum absolute atomic E-state index is 14.9. The van der Waals surface area contributed by atoms with Gasteiger partial charge in [0.1, 0.15) is 11.6 Å². The third-order valence-corrected chi connectivity index (χ3v) is 9.80. The van der Waals surface area contributed by atoms with E-state index in [9.17, 15) is 19.5 Å². The van der Waals surface area contributed by atoms with E-state index in [-0.39, 0.29) is 42.7 Å². The Morgan fingerprint density at radius 2 is 1.88 bits per heavy atom. The van der Waals surface area contributed by atoms with Crippen molar-refractivity contribution in [2.24, 2.45) is 23.7 Å². The summed E-state index contributed by atoms with van der Waals surface area (Å²) >= 11 is 6.58. The van der Waals surface area contributed by atoms with Crippen LogP contribution in [0.25, 0.3) is 0 Å². The highest BCUT2D eigenvalue weighted by molar-refractivity contribution is 6.34. The summed E-state index contributed by atoms with van der Waals surface area (Å²) in [6.45, 7) is 18.4. The van der Waals surface area contributed by atoms with Crippen molar-refractivity contribution in [3.8, 4) is 0 Å². The van der Waals surface area contributed by atoms with E-state index in [1.54, 1.807) is 51.1 Å². The number of likely N-dealkylation sites (tertiary alicyclic amines) is 1. The summed E-state index contributed by atoms with van der Waals surface area (Å²) in [4.78, 5) is 48.7. The predicted molar refractivity (Wildman–Crippen MR) is 165 cm³/mol. The molecule has 7 atom stereocenters. The molecule has 3 saturated heterocycles. The van der Waals surface area contributed by atoms with Crippen LogP contribution in [0.5, 0.6) is 0 Å². The number of carbonyl (C=O) groups excluding carboxylic acids is 3. The molecule has 0 aromatic heterocycles. The van der Waals surface area contributed by atoms with Crippen molar-refractivity contribution in [3.05, 3.63) is 54.6 Å². The van der Waals surface area contributed by atoms with Gasteiger partial charge in [0, 0.05) is 19.6 Å². The lowest BCUT2D eigenvalue weighted by Crippen LogP contribution is -2.59. The summed E-state index contributed by atoms with van der Waals surface area (Å²) in [6, 6.07) is 5.40. The van der Waals surface area contributed by atoms with Gasteiger partial charge in [-0.15, -0.1) is 13.2 Å². The van der Waals surface area contributed by atoms with Gasteiger partial charge >= 0.3 is 0 Å². The molecule has 1 spiro atoms. The van der Waals surface area contributed by atoms with Crippen LogP contribution in [0.3, 0.4) is 0 Å². The van der Waals surface area contributed by atoms with Crippen molar-refractivity contribution in [3.63, 3.8) is 0 Å². The fourth-order valence-electron chi connectivity index (χ4n) is 7.71. The van der Waals surface area contributed by atoms with E-state index in [4.69, 9.17) is 16.3 Å². The molecule has 3 aliphatic heterocycles. The first kappa shape index (κ1) is 32.2. The Bertz CT molecular complexity index is 1220. The number of hydrogen-bond donors (Lipinski definition) is 1. The molecular weight excluding hydrogens is 554 g/mol. The maximum Gasteiger partial charge on any atom is 0.253 e. The predicted octanol–water partition coefficient (Wildman–Crippen LogP) is 4.70. The van der Waals surface area contributed by atoms with Crippen molar-refractivity contribution < 1.29 is 24.2 Å². The average molecular weight is 600 g/mol. The van der Waals surface area contributed by atoms with Crippen LogP contribution in [0, 0.1) is 23.7 Å². The molecule has 1 aromatic rings. The monoisotopic (exact) mass is 599 g/mol. The molecule has 3 heterocycles. The lowest BCUT2D eigenvalue weighted by Gasteiger charge is -2.40. The minimum atomic E-state index is -1.24. The first-order chi connectivity index (χ1) is 19.9. The molecule has 9 heteroatoms. The van der Waals surface area contributed by atoms with E-state index >= 15 is 0 Å². The SMILES string of the molecule is C=CCN(CCC)C(=O)[C@H]1[C@H]2C(=O)N([C@@H](CO)CC(C)C)C(C(=O)N(CC=C)c3ccccc3Cl)C23CC(C)[C@]1(C)O3. The Morgan fingerprint density at radius 1 is 1.21 bits per heavy atom. The summed E-state index contributed by atoms with van der Waals surface area (Å²) in [7, 11) is 0. The molecule has 1 N–H and O–H groups in total. The molecule has 3 amide bonds. The van der Waals surface area contributed by atoms with Crippen LogP contribution in [0.2, 0.25) is 5.02 Å². The number of para-hydroxylation sites is 1. The molecule has 3 fully saturated rings. The summed E-state index contributed by atoms with van der Waals surface area (Å²) in [5.41, 5.74) is -1.67. The smallest absolute Gasteiger partial charge is 0.253 e. The van der Waals surface area contributed by atoms with Crippen LogP contribution in [-0.4, -0.2) is 82.2 Å². The van der Waals surface area contributed by atoms with Gasteiger partial charge in [0.2, 0.25) is 11.8 Å². The number of rotatable bonds is 13. The van der Waals surface area contributed by atoms with Gasteiger partial charge in [-0.25, -0.2) is 0 Å². The van der Waals surface area contributed by atoms with Crippen LogP contribution in [0.15, 0.2) is 49.6 Å². The normalized spacial score (nSPS) is 30.4. The van der Waals surface area contributed by atoms with Crippen LogP contribution in [-0.2, 0) is 19.1 Å². The molecule has 42 heavy (non-hydrogen) atoms. The summed E-state index contributed by atoms with van der Waals surface area (Å²) in [6.07, 6.45) is 5.00. The molecular formula is C33H46ClN3O5. The highest BCUT2D eigenvalue weighted by Gasteiger charge is 2.80. The van der Waals surface area contributed by atoms with Crippen molar-refractivity contribution in [1.29, 1.82) is 0 Å². The van der Waals surface area contributed by atoms with Crippen LogP contribution >= 0.6 is 11.6 Å². The van der Waals surface area contributed by atoms with Crippen LogP contribution in [0.1, 0.15) is 53.9 Å². The first-order valence-electron chi connectivity index (χ1n) is 15.1. The van der Waals surface area contributed by atoms with Gasteiger partial charge in [0.25, 0.3) is 5.91 Å². The molecule has 3 unspecified atom stereocenters. The topological polar surface area (TPSA) is 90.4 Å². The molecule has 0 radical (unpaired) electrons. The first-order valence-corrected chi connectivity index (χ1v) is 15.5. The highest BCUT2D eigenvalue weighted by atomic mass is 35.5. The average Bonchev–Trinajstić information content (AvgIpc) is 3.46. The van der Waals surface area contributed by atoms with E-state index in [0.29, 0.717) is 36.6 Å². The molecule has 0 aliphatic carbocycles. The minimum Gasteiger partial charge on any atom is -0.394 e. The number of ether oxygens (including phenoxy) is 1. The Hall–Kier alpha value is -2.68. The lowest BCUT2D eigenvalue weighted by atomic mass is 9.62. The molecule has 230 valence electrons. The van der Waals surface area contributed by atoms with Gasteiger partial charge in [0.05, 0.1) is 40.8 Å². The summed E-state index contributed by atoms with van der Waals surface area (Å²) < 4.78 is 6.93. The number of aliphatic hydroxyl groups is 1. The van der Waals surface area contributed by atoms with Gasteiger partial charge in [0.15, 0.2) is 0 Å². The molecule has 3 aliphatic rings. The molecule has 1 aromatic carbocycles. The molecule has 0 saturated carbocycles. The maximum atomic E-state index is 14.9. The zero-order valence-corrected chi connectivity index (χ0v) is 26.3. The lowest BCUT2D eigenvalue weighted by molar-refractivity contribution is -0.154. The van der Waals surface area contributed by atoms with E-state index in [1.807, 2.05) is 34.6 Å². The number of fused-ring (bicyclic) bond motifs is 1. The fraction of sp³-hybridized carbons (Fsp3) is 0.606. The fourth-order valence-corrected chi connectivity index (χ4v) is 7.95. The Labute approximate surface area is 255 Å². The highest BCUT2D eigenvalue weighted by Crippen LogP contribution is 2.66. The standard InChI is InChI=1S/C33H46ClN3O5/c1-8-15-35(16-9-2)29(39)26-27-30(40)37(23(20-38)18-21(4)5)28(33(27)19-22(6)32(26,7)42-33)31(41)36(17-10-3)25-14-12-11-13-24(25)34/h8,10-14,21-23,26-28,38H,1,3,9,15-20H2,2,4-7H3/t22?,23-,26-,27+,28?,32+,33?/m1/s1. The van der Waals surface area contributed by atoms with Gasteiger partial charge in [-0.2, -0.15) is 0 Å². The van der Waals surface area contributed by atoms with E-state index < -0.39 is 35.1 Å². The number of benzene rings is 1. The number of aliphatic hydroxyl groups excluding tert-OH is 1. The van der Waals surface area contributed by atoms with Gasteiger partial charge in [-0.05, 0) is 50.2 Å². The van der Waals surface area contributed by atoms with E-state index in [0.717, 1.165) is 6.42 Å². The summed E-state index contributed by atoms with van der Waals surface area (Å²) in [5.74, 6) is -2.40. The number of carbonyl (C=O) groups is 3. The Kier molecular flexibility index (Phi) is 9.60. The third-order valence-electron chi connectivity index (χ3n) is 9.48. The second kappa shape index (κ2) is 12.5. The van der Waals surface area contributed by atoms with Gasteiger partial charge < -0.3 is 24.5 Å². The molecule has 8 nitrogen and oxygen atoms in total. The molecule has 4 rings (SSSR count). The van der Waals surface area contributed by atoms with Crippen molar-refractivity contribution in [2.45, 2.75) is 77.2 Å². The number of halogens is 1. The Balaban J connectivity index is 1.90. The summed E-state index contributed by atoms with van der Waals surface area (Å²) in [5, 5.41) is 11.0. The largest absolute Gasteiger partial charge is 0.394 e. The zero-order chi connectivity index (χ0) is 31.0. The van der Waals surface area contributed by atoms with Gasteiger partial charge in [-0.1, -0.05) is 63.6 Å². The number of nitrogens with zero attached hydrogens (tertiary/aromatic N) is 3. The van der Waals surface area contributed by atoms with E-state index in [2.05, 4.69) is 13.2 Å². The zero-order valence-electron chi connectivity index (χ0n) is 25.6. The minimum absolute atomic E-state index is 0.0937. The molecule has 2 bridgehead atoms. The van der Waals surface area contributed by atoms with Gasteiger partial charge in [-0.3, -0.25) is 14.4 Å². The quantitative estimate of drug-likeness (QED) is 0.332. The van der Waals surface area contributed by atoms with Crippen molar-refractivity contribution >= 4 is 35.0 Å². The van der Waals surface area contributed by atoms with Crippen molar-refractivity contribution in [1.82, 2.24) is 9.80 Å². The number of amides is 3. The van der Waals surface area contributed by atoms with E-state index in [1.165, 1.54) is 0 Å².